The summed E-state index contributed by atoms with van der Waals surface area (Å²) in [6.45, 7) is 1.70. The van der Waals surface area contributed by atoms with Crippen LogP contribution in [0, 0.1) is 12.7 Å². The molecule has 0 radical (unpaired) electrons. The molecular formula is C26H19FN2O5. The van der Waals surface area contributed by atoms with E-state index in [4.69, 9.17) is 13.7 Å². The number of aromatic nitrogens is 2. The Labute approximate surface area is 193 Å². The number of hydrogen-bond donors (Lipinski definition) is 1. The molecule has 0 spiro atoms. The third kappa shape index (κ3) is 4.31. The fraction of sp³-hybridized carbons (Fsp3) is 0.115. The second-order valence-corrected chi connectivity index (χ2v) is 7.76. The summed E-state index contributed by atoms with van der Waals surface area (Å²) in [6.07, 6.45) is 0. The zero-order chi connectivity index (χ0) is 23.7. The van der Waals surface area contributed by atoms with Gasteiger partial charge in [0, 0.05) is 17.5 Å². The Morgan fingerprint density at radius 2 is 1.88 bits per heavy atom. The van der Waals surface area contributed by atoms with Crippen LogP contribution >= 0.6 is 0 Å². The van der Waals surface area contributed by atoms with Gasteiger partial charge in [0.15, 0.2) is 6.61 Å². The molecule has 3 aromatic carbocycles. The van der Waals surface area contributed by atoms with E-state index in [1.807, 2.05) is 19.1 Å². The molecule has 0 saturated heterocycles. The maximum atomic E-state index is 14.8. The van der Waals surface area contributed by atoms with Crippen molar-refractivity contribution in [2.45, 2.75) is 20.1 Å². The molecule has 170 valence electrons. The molecule has 0 amide bonds. The van der Waals surface area contributed by atoms with Crippen LogP contribution in [0.15, 0.2) is 80.5 Å². The van der Waals surface area contributed by atoms with Crippen molar-refractivity contribution in [2.24, 2.45) is 0 Å². The third-order valence-electron chi connectivity index (χ3n) is 5.41. The molecule has 0 aliphatic heterocycles. The zero-order valence-corrected chi connectivity index (χ0v) is 18.1. The first kappa shape index (κ1) is 21.5. The number of aliphatic hydroxyl groups is 1. The molecule has 5 aromatic rings. The highest BCUT2D eigenvalue weighted by Gasteiger charge is 2.15. The highest BCUT2D eigenvalue weighted by molar-refractivity contribution is 5.81. The number of nitrogens with zero attached hydrogens (tertiary/aromatic N) is 2. The van der Waals surface area contributed by atoms with Crippen molar-refractivity contribution in [3.8, 4) is 28.3 Å². The molecule has 2 aromatic heterocycles. The van der Waals surface area contributed by atoms with Crippen molar-refractivity contribution in [1.82, 2.24) is 10.1 Å². The van der Waals surface area contributed by atoms with Gasteiger partial charge in [-0.2, -0.15) is 4.98 Å². The van der Waals surface area contributed by atoms with Crippen LogP contribution in [0.2, 0.25) is 0 Å². The van der Waals surface area contributed by atoms with Crippen LogP contribution < -0.4 is 10.4 Å². The second-order valence-electron chi connectivity index (χ2n) is 7.76. The maximum Gasteiger partial charge on any atom is 0.336 e. The van der Waals surface area contributed by atoms with Gasteiger partial charge in [0.25, 0.3) is 5.89 Å². The Morgan fingerprint density at radius 1 is 1.03 bits per heavy atom. The van der Waals surface area contributed by atoms with Crippen LogP contribution in [0.3, 0.4) is 0 Å². The standard InChI is InChI=1S/C26H19FN2O5/c1-15-9-25(31)33-23-12-19(6-8-20(15)23)32-14-24-28-26(29-34-24)21-7-5-18(11-22(21)27)17-4-2-3-16(10-17)13-30/h2-12,30H,13-14H2,1H3. The number of fused-ring (bicyclic) bond motifs is 1. The molecule has 0 bridgehead atoms. The summed E-state index contributed by atoms with van der Waals surface area (Å²) in [5.41, 5.74) is 3.20. The molecule has 34 heavy (non-hydrogen) atoms. The summed E-state index contributed by atoms with van der Waals surface area (Å²) in [6, 6.07) is 18.6. The highest BCUT2D eigenvalue weighted by atomic mass is 19.1. The topological polar surface area (TPSA) is 98.6 Å². The van der Waals surface area contributed by atoms with Gasteiger partial charge in [0.1, 0.15) is 17.1 Å². The van der Waals surface area contributed by atoms with E-state index in [1.54, 1.807) is 42.5 Å². The van der Waals surface area contributed by atoms with Gasteiger partial charge >= 0.3 is 5.63 Å². The predicted molar refractivity (Wildman–Crippen MR) is 123 cm³/mol. The first-order valence-electron chi connectivity index (χ1n) is 10.5. The lowest BCUT2D eigenvalue weighted by Gasteiger charge is -2.06. The van der Waals surface area contributed by atoms with Crippen LogP contribution in [0.25, 0.3) is 33.5 Å². The van der Waals surface area contributed by atoms with Crippen LogP contribution in [-0.2, 0) is 13.2 Å². The van der Waals surface area contributed by atoms with Gasteiger partial charge in [0.2, 0.25) is 5.82 Å². The maximum absolute atomic E-state index is 14.8. The smallest absolute Gasteiger partial charge is 0.336 e. The lowest BCUT2D eigenvalue weighted by Crippen LogP contribution is -1.99. The van der Waals surface area contributed by atoms with Crippen molar-refractivity contribution in [2.75, 3.05) is 0 Å². The monoisotopic (exact) mass is 458 g/mol. The van der Waals surface area contributed by atoms with Crippen molar-refractivity contribution in [1.29, 1.82) is 0 Å². The minimum Gasteiger partial charge on any atom is -0.484 e. The molecule has 5 rings (SSSR count). The first-order chi connectivity index (χ1) is 16.5. The quantitative estimate of drug-likeness (QED) is 0.356. The fourth-order valence-electron chi connectivity index (χ4n) is 3.69. The molecule has 0 atom stereocenters. The van der Waals surface area contributed by atoms with Gasteiger partial charge in [-0.15, -0.1) is 0 Å². The van der Waals surface area contributed by atoms with Crippen molar-refractivity contribution < 1.29 is 23.2 Å². The Bertz CT molecular complexity index is 1560. The first-order valence-corrected chi connectivity index (χ1v) is 10.5. The minimum atomic E-state index is -0.500. The molecule has 2 heterocycles. The van der Waals surface area contributed by atoms with Gasteiger partial charge in [0.05, 0.1) is 12.2 Å². The van der Waals surface area contributed by atoms with E-state index in [1.165, 1.54) is 12.1 Å². The average molecular weight is 458 g/mol. The normalized spacial score (nSPS) is 11.1. The van der Waals surface area contributed by atoms with E-state index >= 15 is 0 Å². The van der Waals surface area contributed by atoms with Crippen molar-refractivity contribution in [3.63, 3.8) is 0 Å². The van der Waals surface area contributed by atoms with Gasteiger partial charge in [-0.05, 0) is 59.5 Å². The molecule has 8 heteroatoms. The third-order valence-corrected chi connectivity index (χ3v) is 5.41. The van der Waals surface area contributed by atoms with E-state index < -0.39 is 11.4 Å². The highest BCUT2D eigenvalue weighted by Crippen LogP contribution is 2.28. The Hall–Kier alpha value is -4.30. The van der Waals surface area contributed by atoms with E-state index in [2.05, 4.69) is 10.1 Å². The number of aryl methyl sites for hydroxylation is 1. The molecule has 1 N–H and O–H groups in total. The van der Waals surface area contributed by atoms with Gasteiger partial charge in [-0.3, -0.25) is 0 Å². The summed E-state index contributed by atoms with van der Waals surface area (Å²) in [7, 11) is 0. The largest absolute Gasteiger partial charge is 0.484 e. The number of aliphatic hydroxyl groups excluding tert-OH is 1. The van der Waals surface area contributed by atoms with E-state index in [9.17, 15) is 14.3 Å². The predicted octanol–water partition coefficient (Wildman–Crippen LogP) is 5.03. The molecule has 7 nitrogen and oxygen atoms in total. The average Bonchev–Trinajstić information content (AvgIpc) is 3.31. The summed E-state index contributed by atoms with van der Waals surface area (Å²) < 4.78 is 31.0. The number of benzene rings is 3. The summed E-state index contributed by atoms with van der Waals surface area (Å²) in [5.74, 6) is 0.230. The second kappa shape index (κ2) is 8.92. The van der Waals surface area contributed by atoms with Crippen LogP contribution in [-0.4, -0.2) is 15.2 Å². The molecule has 0 saturated carbocycles. The molecule has 0 fully saturated rings. The zero-order valence-electron chi connectivity index (χ0n) is 18.1. The summed E-state index contributed by atoms with van der Waals surface area (Å²) >= 11 is 0. The van der Waals surface area contributed by atoms with E-state index in [-0.39, 0.29) is 30.5 Å². The lowest BCUT2D eigenvalue weighted by atomic mass is 10.0. The van der Waals surface area contributed by atoms with Crippen LogP contribution in [0.4, 0.5) is 4.39 Å². The summed E-state index contributed by atoms with van der Waals surface area (Å²) in [4.78, 5) is 15.8. The number of rotatable bonds is 6. The van der Waals surface area contributed by atoms with Gasteiger partial charge in [-0.25, -0.2) is 9.18 Å². The lowest BCUT2D eigenvalue weighted by molar-refractivity contribution is 0.243. The molecule has 0 aliphatic rings. The molecular weight excluding hydrogens is 439 g/mol. The SMILES string of the molecule is Cc1cc(=O)oc2cc(OCc3nc(-c4ccc(-c5cccc(CO)c5)cc4F)no3)ccc12. The minimum absolute atomic E-state index is 0.0395. The summed E-state index contributed by atoms with van der Waals surface area (Å²) in [5, 5.41) is 14.0. The van der Waals surface area contributed by atoms with Crippen LogP contribution in [0.5, 0.6) is 5.75 Å². The van der Waals surface area contributed by atoms with Crippen molar-refractivity contribution in [3.05, 3.63) is 100.0 Å². The van der Waals surface area contributed by atoms with Crippen molar-refractivity contribution >= 4 is 11.0 Å². The van der Waals surface area contributed by atoms with Crippen LogP contribution in [0.1, 0.15) is 17.0 Å². The molecule has 0 aliphatic carbocycles. The van der Waals surface area contributed by atoms with Gasteiger partial charge in [-0.1, -0.05) is 29.4 Å². The Morgan fingerprint density at radius 3 is 2.71 bits per heavy atom. The number of hydrogen-bond acceptors (Lipinski definition) is 7. The van der Waals surface area contributed by atoms with E-state index in [0.29, 0.717) is 16.9 Å². The fourth-order valence-corrected chi connectivity index (χ4v) is 3.69. The Kier molecular flexibility index (Phi) is 5.65. The number of halogens is 1. The Balaban J connectivity index is 1.33. The van der Waals surface area contributed by atoms with E-state index in [0.717, 1.165) is 22.1 Å². The number of ether oxygens (including phenoxy) is 1. The molecule has 0 unspecified atom stereocenters. The van der Waals surface area contributed by atoms with Gasteiger partial charge < -0.3 is 18.8 Å².